The van der Waals surface area contributed by atoms with E-state index in [0.717, 1.165) is 22.6 Å². The van der Waals surface area contributed by atoms with Gasteiger partial charge >= 0.3 is 5.97 Å². The molecule has 2 aromatic heterocycles. The molecule has 0 aliphatic carbocycles. The second kappa shape index (κ2) is 7.25. The van der Waals surface area contributed by atoms with Crippen molar-refractivity contribution in [2.75, 3.05) is 6.61 Å². The Bertz CT molecular complexity index is 926. The Hall–Kier alpha value is -3.02. The predicted octanol–water partition coefficient (Wildman–Crippen LogP) is 4.47. The minimum Gasteiger partial charge on any atom is -0.466 e. The first kappa shape index (κ1) is 16.8. The first-order valence-corrected chi connectivity index (χ1v) is 8.19. The molecule has 0 bridgehead atoms. The number of aryl methyl sites for hydroxylation is 2. The molecule has 3 aromatic rings. The van der Waals surface area contributed by atoms with E-state index >= 15 is 0 Å². The van der Waals surface area contributed by atoms with Crippen molar-refractivity contribution >= 4 is 23.1 Å². The van der Waals surface area contributed by atoms with Crippen molar-refractivity contribution in [3.63, 3.8) is 0 Å². The number of hydrogen-bond acceptors (Lipinski definition) is 5. The van der Waals surface area contributed by atoms with Crippen molar-refractivity contribution < 1.29 is 9.53 Å². The predicted molar refractivity (Wildman–Crippen MR) is 95.6 cm³/mol. The number of benzene rings is 1. The van der Waals surface area contributed by atoms with Crippen LogP contribution in [0.15, 0.2) is 52.7 Å². The zero-order valence-corrected chi connectivity index (χ0v) is 14.6. The summed E-state index contributed by atoms with van der Waals surface area (Å²) >= 11 is 0. The van der Waals surface area contributed by atoms with E-state index < -0.39 is 0 Å². The number of nitrogens with zero attached hydrogens (tertiary/aromatic N) is 4. The highest BCUT2D eigenvalue weighted by Crippen LogP contribution is 2.26. The Morgan fingerprint density at radius 3 is 2.60 bits per heavy atom. The molecule has 0 saturated carbocycles. The van der Waals surface area contributed by atoms with E-state index in [2.05, 4.69) is 15.2 Å². The van der Waals surface area contributed by atoms with E-state index in [-0.39, 0.29) is 12.4 Å². The number of carbonyl (C=O) groups excluding carboxylic acids is 1. The molecule has 0 aliphatic rings. The summed E-state index contributed by atoms with van der Waals surface area (Å²) in [4.78, 5) is 16.4. The van der Waals surface area contributed by atoms with E-state index in [1.165, 1.54) is 0 Å². The number of carbonyl (C=O) groups is 1. The zero-order valence-electron chi connectivity index (χ0n) is 14.6. The van der Waals surface area contributed by atoms with Gasteiger partial charge in [0.05, 0.1) is 24.4 Å². The van der Waals surface area contributed by atoms with E-state index in [4.69, 9.17) is 4.74 Å². The molecule has 0 amide bonds. The maximum atomic E-state index is 11.9. The summed E-state index contributed by atoms with van der Waals surface area (Å²) in [5.41, 5.74) is 4.17. The van der Waals surface area contributed by atoms with Gasteiger partial charge in [0.15, 0.2) is 5.82 Å². The third-order valence-electron chi connectivity index (χ3n) is 3.80. The normalized spacial score (nSPS) is 11.3. The fourth-order valence-corrected chi connectivity index (χ4v) is 2.57. The van der Waals surface area contributed by atoms with Crippen LogP contribution in [-0.2, 0) is 16.0 Å². The van der Waals surface area contributed by atoms with Crippen molar-refractivity contribution in [2.45, 2.75) is 27.2 Å². The Kier molecular flexibility index (Phi) is 4.88. The first-order chi connectivity index (χ1) is 12.1. The highest BCUT2D eigenvalue weighted by molar-refractivity contribution is 5.74. The molecule has 1 aromatic carbocycles. The van der Waals surface area contributed by atoms with E-state index in [0.29, 0.717) is 18.1 Å². The molecule has 0 unspecified atom stereocenters. The quantitative estimate of drug-likeness (QED) is 0.510. The Balaban J connectivity index is 2.03. The second-order valence-corrected chi connectivity index (χ2v) is 5.76. The summed E-state index contributed by atoms with van der Waals surface area (Å²) < 4.78 is 6.94. The summed E-state index contributed by atoms with van der Waals surface area (Å²) in [5.74, 6) is 0.233. The summed E-state index contributed by atoms with van der Waals surface area (Å²) in [6, 6.07) is 13.5. The highest BCUT2D eigenvalue weighted by atomic mass is 16.5. The van der Waals surface area contributed by atoms with Crippen molar-refractivity contribution in [2.24, 2.45) is 10.2 Å². The molecule has 0 fully saturated rings. The standard InChI is InChI=1S/C19H20N4O2/c1-4-25-18(24)12-16-19(22-21-15-10-8-13(2)9-11-15)23-14(3)6-5-7-17(23)20-16/h5-11H,4,12H2,1-3H3. The van der Waals surface area contributed by atoms with Gasteiger partial charge in [0.1, 0.15) is 5.65 Å². The third kappa shape index (κ3) is 3.74. The van der Waals surface area contributed by atoms with E-state index in [1.807, 2.05) is 60.7 Å². The first-order valence-electron chi connectivity index (χ1n) is 8.19. The van der Waals surface area contributed by atoms with Gasteiger partial charge in [-0.3, -0.25) is 9.20 Å². The Morgan fingerprint density at radius 2 is 1.88 bits per heavy atom. The average Bonchev–Trinajstić information content (AvgIpc) is 2.93. The minimum absolute atomic E-state index is 0.0667. The molecular weight excluding hydrogens is 316 g/mol. The van der Waals surface area contributed by atoms with Crippen LogP contribution < -0.4 is 0 Å². The van der Waals surface area contributed by atoms with Crippen LogP contribution in [0.25, 0.3) is 5.65 Å². The summed E-state index contributed by atoms with van der Waals surface area (Å²) in [6.07, 6.45) is 0.0667. The van der Waals surface area contributed by atoms with E-state index in [1.54, 1.807) is 6.92 Å². The van der Waals surface area contributed by atoms with Crippen LogP contribution in [0.2, 0.25) is 0 Å². The van der Waals surface area contributed by atoms with Crippen molar-refractivity contribution in [3.05, 3.63) is 59.4 Å². The van der Waals surface area contributed by atoms with Gasteiger partial charge in [-0.2, -0.15) is 0 Å². The fourth-order valence-electron chi connectivity index (χ4n) is 2.57. The summed E-state index contributed by atoms with van der Waals surface area (Å²) in [5, 5.41) is 8.69. The number of azo groups is 1. The van der Waals surface area contributed by atoms with Gasteiger partial charge in [0.2, 0.25) is 0 Å². The number of fused-ring (bicyclic) bond motifs is 1. The minimum atomic E-state index is -0.324. The number of hydrogen-bond donors (Lipinski definition) is 0. The molecule has 3 rings (SSSR count). The van der Waals surface area contributed by atoms with Crippen LogP contribution in [0.1, 0.15) is 23.9 Å². The van der Waals surface area contributed by atoms with Crippen LogP contribution in [0.5, 0.6) is 0 Å². The molecule has 128 valence electrons. The zero-order chi connectivity index (χ0) is 17.8. The van der Waals surface area contributed by atoms with Gasteiger partial charge in [0.25, 0.3) is 0 Å². The summed E-state index contributed by atoms with van der Waals surface area (Å²) in [6.45, 7) is 6.11. The lowest BCUT2D eigenvalue weighted by Gasteiger charge is -2.02. The topological polar surface area (TPSA) is 68.3 Å². The van der Waals surface area contributed by atoms with Gasteiger partial charge in [-0.25, -0.2) is 4.98 Å². The van der Waals surface area contributed by atoms with Gasteiger partial charge in [-0.05, 0) is 45.0 Å². The van der Waals surface area contributed by atoms with Crippen molar-refractivity contribution in [3.8, 4) is 0 Å². The number of pyridine rings is 1. The number of ether oxygens (including phenoxy) is 1. The number of aromatic nitrogens is 2. The SMILES string of the molecule is CCOC(=O)Cc1nc2cccc(C)n2c1N=Nc1ccc(C)cc1. The van der Waals surface area contributed by atoms with Crippen LogP contribution >= 0.6 is 0 Å². The largest absolute Gasteiger partial charge is 0.466 e. The van der Waals surface area contributed by atoms with Gasteiger partial charge in [0, 0.05) is 5.69 Å². The lowest BCUT2D eigenvalue weighted by atomic mass is 10.2. The van der Waals surface area contributed by atoms with Crippen molar-refractivity contribution in [1.82, 2.24) is 9.38 Å². The summed E-state index contributed by atoms with van der Waals surface area (Å²) in [7, 11) is 0. The molecule has 2 heterocycles. The lowest BCUT2D eigenvalue weighted by Crippen LogP contribution is -2.07. The molecule has 25 heavy (non-hydrogen) atoms. The number of rotatable bonds is 5. The molecule has 0 N–H and O–H groups in total. The van der Waals surface area contributed by atoms with Crippen LogP contribution in [0.4, 0.5) is 11.5 Å². The maximum absolute atomic E-state index is 11.9. The molecule has 0 spiro atoms. The van der Waals surface area contributed by atoms with Gasteiger partial charge in [-0.1, -0.05) is 23.8 Å². The van der Waals surface area contributed by atoms with Crippen LogP contribution in [0, 0.1) is 13.8 Å². The molecule has 0 saturated heterocycles. The van der Waals surface area contributed by atoms with Crippen molar-refractivity contribution in [1.29, 1.82) is 0 Å². The second-order valence-electron chi connectivity index (χ2n) is 5.76. The number of esters is 1. The van der Waals surface area contributed by atoms with E-state index in [9.17, 15) is 4.79 Å². The highest BCUT2D eigenvalue weighted by Gasteiger charge is 2.17. The maximum Gasteiger partial charge on any atom is 0.312 e. The molecule has 6 nitrogen and oxygen atoms in total. The fraction of sp³-hybridized carbons (Fsp3) is 0.263. The third-order valence-corrected chi connectivity index (χ3v) is 3.80. The average molecular weight is 336 g/mol. The molecular formula is C19H20N4O2. The Labute approximate surface area is 146 Å². The molecule has 0 aliphatic heterocycles. The molecule has 0 atom stereocenters. The lowest BCUT2D eigenvalue weighted by molar-refractivity contribution is -0.142. The molecule has 6 heteroatoms. The molecule has 0 radical (unpaired) electrons. The number of imidazole rings is 1. The van der Waals surface area contributed by atoms with Crippen LogP contribution in [-0.4, -0.2) is 22.0 Å². The van der Waals surface area contributed by atoms with Gasteiger partial charge < -0.3 is 4.74 Å². The smallest absolute Gasteiger partial charge is 0.312 e. The Morgan fingerprint density at radius 1 is 1.12 bits per heavy atom. The monoisotopic (exact) mass is 336 g/mol. The van der Waals surface area contributed by atoms with Gasteiger partial charge in [-0.15, -0.1) is 10.2 Å². The van der Waals surface area contributed by atoms with Crippen LogP contribution in [0.3, 0.4) is 0 Å².